The Kier molecular flexibility index (Phi) is 5.61. The number of thioether (sulfide) groups is 1. The van der Waals surface area contributed by atoms with E-state index >= 15 is 0 Å². The minimum absolute atomic E-state index is 0.0389. The average molecular weight is 275 g/mol. The number of benzene rings is 1. The molecule has 0 aromatic heterocycles. The third-order valence-corrected chi connectivity index (χ3v) is 3.50. The minimum atomic E-state index is -0.164. The molecule has 0 saturated heterocycles. The van der Waals surface area contributed by atoms with Gasteiger partial charge in [0.05, 0.1) is 23.1 Å². The monoisotopic (exact) mass is 274 g/mol. The second kappa shape index (κ2) is 6.74. The van der Waals surface area contributed by atoms with E-state index in [9.17, 15) is 4.79 Å². The van der Waals surface area contributed by atoms with Crippen molar-refractivity contribution >= 4 is 40.6 Å². The number of anilines is 2. The van der Waals surface area contributed by atoms with E-state index in [1.54, 1.807) is 18.2 Å². The van der Waals surface area contributed by atoms with Crippen LogP contribution in [-0.2, 0) is 4.79 Å². The zero-order valence-electron chi connectivity index (χ0n) is 9.44. The first-order valence-corrected chi connectivity index (χ1v) is 6.53. The van der Waals surface area contributed by atoms with Gasteiger partial charge in [-0.25, -0.2) is 0 Å². The van der Waals surface area contributed by atoms with Crippen LogP contribution in [0.3, 0.4) is 0 Å². The van der Waals surface area contributed by atoms with Crippen molar-refractivity contribution in [1.82, 2.24) is 0 Å². The Morgan fingerprint density at radius 3 is 3.00 bits per heavy atom. The number of carbonyl (C=O) groups excluding carboxylic acids is 1. The summed E-state index contributed by atoms with van der Waals surface area (Å²) in [6, 6.07) is 4.91. The van der Waals surface area contributed by atoms with Crippen LogP contribution in [0, 0.1) is 0 Å². The fourth-order valence-corrected chi connectivity index (χ4v) is 1.87. The van der Waals surface area contributed by atoms with Crippen LogP contribution in [0.1, 0.15) is 6.92 Å². The second-order valence-corrected chi connectivity index (χ2v) is 5.43. The number of aliphatic hydroxyl groups excluding tert-OH is 1. The predicted molar refractivity (Wildman–Crippen MR) is 73.5 cm³/mol. The maximum absolute atomic E-state index is 11.6. The van der Waals surface area contributed by atoms with E-state index in [0.29, 0.717) is 16.4 Å². The molecular weight excluding hydrogens is 260 g/mol. The van der Waals surface area contributed by atoms with Gasteiger partial charge >= 0.3 is 0 Å². The van der Waals surface area contributed by atoms with E-state index in [2.05, 4.69) is 5.32 Å². The van der Waals surface area contributed by atoms with Crippen molar-refractivity contribution in [3.05, 3.63) is 23.2 Å². The molecule has 4 nitrogen and oxygen atoms in total. The first kappa shape index (κ1) is 14.2. The van der Waals surface area contributed by atoms with Gasteiger partial charge in [-0.05, 0) is 18.2 Å². The molecule has 1 rings (SSSR count). The van der Waals surface area contributed by atoms with Crippen molar-refractivity contribution in [2.75, 3.05) is 23.4 Å². The highest BCUT2D eigenvalue weighted by atomic mass is 35.5. The molecule has 0 aliphatic rings. The van der Waals surface area contributed by atoms with E-state index in [1.165, 1.54) is 11.8 Å². The van der Waals surface area contributed by atoms with Crippen molar-refractivity contribution in [3.63, 3.8) is 0 Å². The molecule has 0 radical (unpaired) electrons. The Morgan fingerprint density at radius 2 is 2.35 bits per heavy atom. The fraction of sp³-hybridized carbons (Fsp3) is 0.364. The standard InChI is InChI=1S/C11H15ClN2O2S/c1-7(5-15)17-6-11(16)14-10-4-8(13)2-3-9(10)12/h2-4,7,15H,5-6,13H2,1H3,(H,14,16). The van der Waals surface area contributed by atoms with Crippen LogP contribution < -0.4 is 11.1 Å². The lowest BCUT2D eigenvalue weighted by Gasteiger charge is -2.10. The Hall–Kier alpha value is -0.910. The minimum Gasteiger partial charge on any atom is -0.399 e. The Bertz CT molecular complexity index is 401. The third-order valence-electron chi connectivity index (χ3n) is 2.02. The summed E-state index contributed by atoms with van der Waals surface area (Å²) < 4.78 is 0. The first-order valence-electron chi connectivity index (χ1n) is 5.10. The molecular formula is C11H15ClN2O2S. The molecule has 0 heterocycles. The summed E-state index contributed by atoms with van der Waals surface area (Å²) >= 11 is 7.29. The first-order chi connectivity index (χ1) is 8.02. The van der Waals surface area contributed by atoms with Crippen LogP contribution in [0.25, 0.3) is 0 Å². The highest BCUT2D eigenvalue weighted by Gasteiger charge is 2.08. The number of halogens is 1. The summed E-state index contributed by atoms with van der Waals surface area (Å²) in [4.78, 5) is 11.6. The predicted octanol–water partition coefficient (Wildman–Crippen LogP) is 1.97. The largest absolute Gasteiger partial charge is 0.399 e. The molecule has 6 heteroatoms. The molecule has 1 amide bonds. The number of nitrogens with one attached hydrogen (secondary N) is 1. The Labute approximate surface area is 110 Å². The summed E-state index contributed by atoms with van der Waals surface area (Å²) in [6.45, 7) is 1.91. The number of nitrogen functional groups attached to an aromatic ring is 1. The lowest BCUT2D eigenvalue weighted by Crippen LogP contribution is -2.17. The number of amides is 1. The zero-order valence-corrected chi connectivity index (χ0v) is 11.0. The number of hydrogen-bond donors (Lipinski definition) is 3. The van der Waals surface area contributed by atoms with Gasteiger partial charge in [0, 0.05) is 10.9 Å². The molecule has 0 fully saturated rings. The quantitative estimate of drug-likeness (QED) is 0.718. The van der Waals surface area contributed by atoms with Crippen molar-refractivity contribution in [3.8, 4) is 0 Å². The van der Waals surface area contributed by atoms with Crippen molar-refractivity contribution in [2.24, 2.45) is 0 Å². The van der Waals surface area contributed by atoms with Gasteiger partial charge in [0.15, 0.2) is 0 Å². The van der Waals surface area contributed by atoms with Gasteiger partial charge in [0.1, 0.15) is 0 Å². The number of carbonyl (C=O) groups is 1. The van der Waals surface area contributed by atoms with Crippen molar-refractivity contribution < 1.29 is 9.90 Å². The molecule has 0 saturated carbocycles. The van der Waals surface area contributed by atoms with Crippen LogP contribution in [0.15, 0.2) is 18.2 Å². The van der Waals surface area contributed by atoms with Crippen molar-refractivity contribution in [1.29, 1.82) is 0 Å². The van der Waals surface area contributed by atoms with Gasteiger partial charge in [-0.2, -0.15) is 0 Å². The molecule has 4 N–H and O–H groups in total. The molecule has 1 aromatic rings. The van der Waals surface area contributed by atoms with Gasteiger partial charge in [-0.15, -0.1) is 11.8 Å². The molecule has 0 bridgehead atoms. The van der Waals surface area contributed by atoms with Gasteiger partial charge in [-0.1, -0.05) is 18.5 Å². The van der Waals surface area contributed by atoms with E-state index in [-0.39, 0.29) is 23.5 Å². The summed E-state index contributed by atoms with van der Waals surface area (Å²) in [7, 11) is 0. The highest BCUT2D eigenvalue weighted by Crippen LogP contribution is 2.24. The SMILES string of the molecule is CC(CO)SCC(=O)Nc1cc(N)ccc1Cl. The van der Waals surface area contributed by atoms with Crippen molar-refractivity contribution in [2.45, 2.75) is 12.2 Å². The highest BCUT2D eigenvalue weighted by molar-refractivity contribution is 8.00. The molecule has 1 unspecified atom stereocenters. The fourth-order valence-electron chi connectivity index (χ4n) is 1.10. The smallest absolute Gasteiger partial charge is 0.234 e. The molecule has 94 valence electrons. The van der Waals surface area contributed by atoms with Gasteiger partial charge < -0.3 is 16.2 Å². The van der Waals surface area contributed by atoms with Gasteiger partial charge in [-0.3, -0.25) is 4.79 Å². The molecule has 0 aliphatic heterocycles. The molecule has 0 aliphatic carbocycles. The number of hydrogen-bond acceptors (Lipinski definition) is 4. The molecule has 0 spiro atoms. The normalized spacial score (nSPS) is 12.2. The topological polar surface area (TPSA) is 75.3 Å². The van der Waals surface area contributed by atoms with Crippen LogP contribution in [0.5, 0.6) is 0 Å². The van der Waals surface area contributed by atoms with E-state index < -0.39 is 0 Å². The van der Waals surface area contributed by atoms with E-state index in [0.717, 1.165) is 0 Å². The van der Waals surface area contributed by atoms with Gasteiger partial charge in [0.2, 0.25) is 5.91 Å². The Balaban J connectivity index is 2.53. The van der Waals surface area contributed by atoms with E-state index in [1.807, 2.05) is 6.92 Å². The summed E-state index contributed by atoms with van der Waals surface area (Å²) in [5.41, 5.74) is 6.65. The third kappa shape index (κ3) is 4.85. The van der Waals surface area contributed by atoms with Crippen LogP contribution in [-0.4, -0.2) is 28.6 Å². The molecule has 17 heavy (non-hydrogen) atoms. The van der Waals surface area contributed by atoms with E-state index in [4.69, 9.17) is 22.4 Å². The number of aliphatic hydroxyl groups is 1. The second-order valence-electron chi connectivity index (χ2n) is 3.59. The summed E-state index contributed by atoms with van der Waals surface area (Å²) in [6.07, 6.45) is 0. The zero-order chi connectivity index (χ0) is 12.8. The summed E-state index contributed by atoms with van der Waals surface area (Å²) in [5.74, 6) is 0.107. The Morgan fingerprint density at radius 1 is 1.65 bits per heavy atom. The number of rotatable bonds is 5. The molecule has 1 aromatic carbocycles. The maximum atomic E-state index is 11.6. The summed E-state index contributed by atoms with van der Waals surface area (Å²) in [5, 5.41) is 12.0. The number of nitrogens with two attached hydrogens (primary N) is 1. The lowest BCUT2D eigenvalue weighted by molar-refractivity contribution is -0.113. The van der Waals surface area contributed by atoms with Crippen LogP contribution in [0.4, 0.5) is 11.4 Å². The van der Waals surface area contributed by atoms with Gasteiger partial charge in [0.25, 0.3) is 0 Å². The van der Waals surface area contributed by atoms with Crippen LogP contribution >= 0.6 is 23.4 Å². The van der Waals surface area contributed by atoms with Crippen LogP contribution in [0.2, 0.25) is 5.02 Å². The average Bonchev–Trinajstić information content (AvgIpc) is 2.30. The maximum Gasteiger partial charge on any atom is 0.234 e. The molecule has 1 atom stereocenters. The lowest BCUT2D eigenvalue weighted by atomic mass is 10.3.